The standard InChI is InChI=1S/C27H25BrN7O3/c1-4-18-12-20(7-8-24(18)28)33-26-23-14-21(30-15-25(23)31-17-32-26)13-22(36)6-5-11-35(2,3)16-19-9-10-29-27(19)34(37)38/h1,5-8,10,12,14-15,17H,9,11,13,16H2,2-3H3,(H,31,32,33)/q+1/b6-5+. The monoisotopic (exact) mass is 574 g/mol. The minimum atomic E-state index is -0.450. The number of carbonyl (C=O) groups excluding carboxylic acids is 1. The third-order valence-electron chi connectivity index (χ3n) is 5.88. The van der Waals surface area contributed by atoms with E-state index in [4.69, 9.17) is 6.42 Å². The fraction of sp³-hybridized carbons (Fsp3) is 0.222. The number of allylic oxidation sites excluding steroid dienone is 1. The van der Waals surface area contributed by atoms with Crippen LogP contribution in [0.15, 0.2) is 69.8 Å². The summed E-state index contributed by atoms with van der Waals surface area (Å²) in [5.41, 5.74) is 3.39. The van der Waals surface area contributed by atoms with Crippen LogP contribution in [0.4, 0.5) is 11.5 Å². The molecule has 11 heteroatoms. The van der Waals surface area contributed by atoms with Crippen LogP contribution in [0, 0.1) is 22.5 Å². The van der Waals surface area contributed by atoms with Crippen molar-refractivity contribution in [2.24, 2.45) is 4.99 Å². The Morgan fingerprint density at radius 2 is 2.11 bits per heavy atom. The first-order valence-electron chi connectivity index (χ1n) is 11.7. The number of pyridine rings is 1. The van der Waals surface area contributed by atoms with E-state index in [9.17, 15) is 14.9 Å². The van der Waals surface area contributed by atoms with Crippen LogP contribution in [-0.4, -0.2) is 63.5 Å². The summed E-state index contributed by atoms with van der Waals surface area (Å²) in [4.78, 5) is 40.3. The van der Waals surface area contributed by atoms with Gasteiger partial charge in [0.15, 0.2) is 5.78 Å². The quantitative estimate of drug-likeness (QED) is 0.126. The number of quaternary nitrogens is 1. The number of terminal acetylenes is 1. The molecule has 1 aliphatic rings. The minimum absolute atomic E-state index is 0.0758. The summed E-state index contributed by atoms with van der Waals surface area (Å²) in [6.07, 6.45) is 14.1. The zero-order valence-corrected chi connectivity index (χ0v) is 22.5. The van der Waals surface area contributed by atoms with Crippen LogP contribution < -0.4 is 5.32 Å². The summed E-state index contributed by atoms with van der Waals surface area (Å²) in [5.74, 6) is 3.02. The van der Waals surface area contributed by atoms with Crippen molar-refractivity contribution in [1.29, 1.82) is 0 Å². The van der Waals surface area contributed by atoms with Crippen molar-refractivity contribution >= 4 is 50.3 Å². The fourth-order valence-electron chi connectivity index (χ4n) is 4.07. The van der Waals surface area contributed by atoms with Crippen molar-refractivity contribution in [2.75, 3.05) is 32.5 Å². The molecular formula is C27H25BrN7O3+. The van der Waals surface area contributed by atoms with Crippen LogP contribution in [0.25, 0.3) is 10.9 Å². The number of rotatable bonds is 10. The number of nitrogens with one attached hydrogen (secondary N) is 1. The second-order valence-corrected chi connectivity index (χ2v) is 10.3. The topological polar surface area (TPSA) is 123 Å². The summed E-state index contributed by atoms with van der Waals surface area (Å²) >= 11 is 3.43. The number of hydrogen-bond acceptors (Lipinski definition) is 8. The van der Waals surface area contributed by atoms with Gasteiger partial charge in [0.05, 0.1) is 44.3 Å². The highest BCUT2D eigenvalue weighted by molar-refractivity contribution is 9.10. The van der Waals surface area contributed by atoms with Crippen molar-refractivity contribution in [1.82, 2.24) is 15.0 Å². The Bertz CT molecular complexity index is 1550. The first-order chi connectivity index (χ1) is 18.1. The molecule has 38 heavy (non-hydrogen) atoms. The Kier molecular flexibility index (Phi) is 8.05. The fourth-order valence-corrected chi connectivity index (χ4v) is 4.43. The van der Waals surface area contributed by atoms with Crippen molar-refractivity contribution in [2.45, 2.75) is 12.8 Å². The maximum atomic E-state index is 12.7. The molecule has 0 amide bonds. The first-order valence-corrected chi connectivity index (χ1v) is 12.5. The van der Waals surface area contributed by atoms with Gasteiger partial charge in [0.1, 0.15) is 24.9 Å². The van der Waals surface area contributed by atoms with Gasteiger partial charge in [-0.1, -0.05) is 10.9 Å². The highest BCUT2D eigenvalue weighted by Gasteiger charge is 2.28. The number of aliphatic imine (C=N–C) groups is 1. The van der Waals surface area contributed by atoms with E-state index in [0.29, 0.717) is 52.2 Å². The van der Waals surface area contributed by atoms with Gasteiger partial charge >= 0.3 is 5.82 Å². The smallest absolute Gasteiger partial charge is 0.358 e. The molecule has 0 spiro atoms. The number of ketones is 1. The number of nitrogens with zero attached hydrogens (tertiary/aromatic N) is 6. The molecule has 2 aromatic heterocycles. The number of anilines is 2. The van der Waals surface area contributed by atoms with Gasteiger partial charge in [0.25, 0.3) is 0 Å². The number of carbonyl (C=O) groups is 1. The third kappa shape index (κ3) is 6.53. The molecule has 4 rings (SSSR count). The van der Waals surface area contributed by atoms with Crippen LogP contribution in [0.3, 0.4) is 0 Å². The molecule has 0 radical (unpaired) electrons. The van der Waals surface area contributed by atoms with Gasteiger partial charge in [-0.25, -0.2) is 9.97 Å². The Morgan fingerprint density at radius 3 is 2.87 bits per heavy atom. The van der Waals surface area contributed by atoms with Gasteiger partial charge in [0, 0.05) is 33.2 Å². The van der Waals surface area contributed by atoms with Gasteiger partial charge in [-0.2, -0.15) is 0 Å². The Morgan fingerprint density at radius 1 is 1.29 bits per heavy atom. The summed E-state index contributed by atoms with van der Waals surface area (Å²) in [6.45, 7) is 0.998. The molecule has 3 aromatic rings. The molecule has 0 unspecified atom stereocenters. The second-order valence-electron chi connectivity index (χ2n) is 9.40. The molecule has 10 nitrogen and oxygen atoms in total. The van der Waals surface area contributed by atoms with E-state index in [0.717, 1.165) is 15.5 Å². The normalized spacial score (nSPS) is 13.3. The van der Waals surface area contributed by atoms with E-state index in [2.05, 4.69) is 47.1 Å². The third-order valence-corrected chi connectivity index (χ3v) is 6.57. The van der Waals surface area contributed by atoms with Gasteiger partial charge in [-0.15, -0.1) is 6.42 Å². The maximum absolute atomic E-state index is 12.7. The molecule has 192 valence electrons. The van der Waals surface area contributed by atoms with E-state index in [1.165, 1.54) is 12.4 Å². The van der Waals surface area contributed by atoms with Crippen LogP contribution in [0.5, 0.6) is 0 Å². The van der Waals surface area contributed by atoms with Gasteiger partial charge in [-0.3, -0.25) is 9.78 Å². The predicted molar refractivity (Wildman–Crippen MR) is 150 cm³/mol. The average Bonchev–Trinajstić information content (AvgIpc) is 3.33. The van der Waals surface area contributed by atoms with Crippen LogP contribution >= 0.6 is 15.9 Å². The Labute approximate surface area is 228 Å². The minimum Gasteiger partial charge on any atom is -0.358 e. The lowest BCUT2D eigenvalue weighted by Crippen LogP contribution is -2.41. The zero-order valence-electron chi connectivity index (χ0n) is 20.9. The predicted octanol–water partition coefficient (Wildman–Crippen LogP) is 4.22. The van der Waals surface area contributed by atoms with Gasteiger partial charge in [0.2, 0.25) is 0 Å². The van der Waals surface area contributed by atoms with Crippen molar-refractivity contribution < 1.29 is 14.2 Å². The average molecular weight is 575 g/mol. The van der Waals surface area contributed by atoms with Gasteiger partial charge < -0.3 is 19.9 Å². The molecule has 0 aliphatic carbocycles. The highest BCUT2D eigenvalue weighted by Crippen LogP contribution is 2.26. The first kappa shape index (κ1) is 26.8. The number of benzene rings is 1. The van der Waals surface area contributed by atoms with Crippen LogP contribution in [0.1, 0.15) is 17.7 Å². The molecular weight excluding hydrogens is 550 g/mol. The number of nitro groups is 1. The second kappa shape index (κ2) is 11.4. The van der Waals surface area contributed by atoms with Crippen molar-refractivity contribution in [3.8, 4) is 12.3 Å². The van der Waals surface area contributed by atoms with Crippen LogP contribution in [0.2, 0.25) is 0 Å². The maximum Gasteiger partial charge on any atom is 0.368 e. The Hall–Kier alpha value is -4.27. The number of likely N-dealkylation sites (N-methyl/N-ethyl adjacent to an activating group) is 1. The number of fused-ring (bicyclic) bond motifs is 1. The summed E-state index contributed by atoms with van der Waals surface area (Å²) < 4.78 is 1.28. The lowest BCUT2D eigenvalue weighted by atomic mass is 10.1. The molecule has 0 atom stereocenters. The summed E-state index contributed by atoms with van der Waals surface area (Å²) in [6, 6.07) is 7.38. The van der Waals surface area contributed by atoms with Crippen molar-refractivity contribution in [3.63, 3.8) is 0 Å². The van der Waals surface area contributed by atoms with Crippen molar-refractivity contribution in [3.05, 3.63) is 86.2 Å². The van der Waals surface area contributed by atoms with Crippen LogP contribution in [-0.2, 0) is 11.2 Å². The molecule has 0 fully saturated rings. The highest BCUT2D eigenvalue weighted by atomic mass is 79.9. The lowest BCUT2D eigenvalue weighted by Gasteiger charge is -2.28. The van der Waals surface area contributed by atoms with E-state index >= 15 is 0 Å². The molecule has 0 bridgehead atoms. The molecule has 1 aromatic carbocycles. The number of hydrogen-bond donors (Lipinski definition) is 1. The Balaban J connectivity index is 1.43. The summed E-state index contributed by atoms with van der Waals surface area (Å²) in [7, 11) is 3.91. The van der Waals surface area contributed by atoms with Gasteiger partial charge in [-0.05, 0) is 57.3 Å². The molecule has 3 heterocycles. The largest absolute Gasteiger partial charge is 0.368 e. The van der Waals surface area contributed by atoms with E-state index < -0.39 is 4.92 Å². The van der Waals surface area contributed by atoms with E-state index in [1.54, 1.807) is 24.6 Å². The summed E-state index contributed by atoms with van der Waals surface area (Å²) in [5, 5.41) is 15.1. The number of halogens is 1. The SMILES string of the molecule is C#Cc1cc(Nc2ncnc3cnc(CC(=O)/C=C/C[N+](C)(C)CC4=C([N+](=O)[O-])N=CC4)cc23)ccc1Br. The molecule has 1 N–H and O–H groups in total. The van der Waals surface area contributed by atoms with E-state index in [-0.39, 0.29) is 18.0 Å². The van der Waals surface area contributed by atoms with E-state index in [1.807, 2.05) is 32.3 Å². The molecule has 1 aliphatic heterocycles. The molecule has 0 saturated carbocycles. The lowest BCUT2D eigenvalue weighted by molar-refractivity contribution is -0.880. The molecule has 0 saturated heterocycles. The zero-order chi connectivity index (χ0) is 27.3. The number of aromatic nitrogens is 3.